The average molecular weight is 385 g/mol. The van der Waals surface area contributed by atoms with E-state index in [1.807, 2.05) is 23.9 Å². The smallest absolute Gasteiger partial charge is 0.104 e. The predicted octanol–water partition coefficient (Wildman–Crippen LogP) is 5.85. The number of hydrogen-bond acceptors (Lipinski definition) is 4. The number of hydrogen-bond donors (Lipinski definition) is 2. The maximum absolute atomic E-state index is 5.97. The van der Waals surface area contributed by atoms with Crippen LogP contribution in [0.2, 0.25) is 5.02 Å². The highest BCUT2D eigenvalue weighted by molar-refractivity contribution is 8.03. The Labute approximate surface area is 160 Å². The minimum Gasteiger partial charge on any atom is -0.374 e. The van der Waals surface area contributed by atoms with Gasteiger partial charge in [0.1, 0.15) is 5.37 Å². The molecule has 0 aliphatic carbocycles. The van der Waals surface area contributed by atoms with E-state index >= 15 is 0 Å². The van der Waals surface area contributed by atoms with Gasteiger partial charge in [-0.3, -0.25) is 0 Å². The lowest BCUT2D eigenvalue weighted by Crippen LogP contribution is -2.13. The van der Waals surface area contributed by atoms with Gasteiger partial charge in [0.05, 0.1) is 15.6 Å². The molecule has 0 fully saturated rings. The lowest BCUT2D eigenvalue weighted by Gasteiger charge is -2.12. The second kappa shape index (κ2) is 7.56. The molecular weight excluding hydrogens is 368 g/mol. The fraction of sp³-hybridized carbons (Fsp3) is 0.100. The standard InChI is InChI=1S/C20H17ClN2S2/c21-16-10-8-14(9-11-16)13-22-20-18(17-7-4-12-24-17)23-19(25-20)15-5-2-1-3-6-15/h1-12,19,22-23H,13H2. The molecule has 2 heterocycles. The number of nitrogens with one attached hydrogen (secondary N) is 2. The van der Waals surface area contributed by atoms with Crippen LogP contribution in [0.15, 0.2) is 77.1 Å². The third kappa shape index (κ3) is 3.87. The number of thioether (sulfide) groups is 1. The molecule has 4 rings (SSSR count). The first-order valence-electron chi connectivity index (χ1n) is 8.04. The zero-order chi connectivity index (χ0) is 17.1. The molecule has 2 N–H and O–H groups in total. The van der Waals surface area contributed by atoms with Gasteiger partial charge >= 0.3 is 0 Å². The van der Waals surface area contributed by atoms with E-state index in [1.54, 1.807) is 11.3 Å². The monoisotopic (exact) mass is 384 g/mol. The Morgan fingerprint density at radius 1 is 0.960 bits per heavy atom. The first-order chi connectivity index (χ1) is 12.3. The van der Waals surface area contributed by atoms with E-state index in [-0.39, 0.29) is 5.37 Å². The highest BCUT2D eigenvalue weighted by Crippen LogP contribution is 2.43. The van der Waals surface area contributed by atoms with Gasteiger partial charge in [0.15, 0.2) is 0 Å². The van der Waals surface area contributed by atoms with Crippen molar-refractivity contribution in [3.8, 4) is 0 Å². The molecule has 1 aliphatic heterocycles. The van der Waals surface area contributed by atoms with E-state index < -0.39 is 0 Å². The molecule has 0 saturated carbocycles. The van der Waals surface area contributed by atoms with Crippen molar-refractivity contribution in [3.63, 3.8) is 0 Å². The molecule has 1 aliphatic rings. The van der Waals surface area contributed by atoms with Gasteiger partial charge in [-0.05, 0) is 34.7 Å². The largest absolute Gasteiger partial charge is 0.374 e. The minimum atomic E-state index is 0.228. The zero-order valence-corrected chi connectivity index (χ0v) is 15.8. The Hall–Kier alpha value is -1.88. The first-order valence-corrected chi connectivity index (χ1v) is 10.2. The second-order valence-corrected chi connectivity index (χ2v) is 8.21. The van der Waals surface area contributed by atoms with E-state index in [9.17, 15) is 0 Å². The summed E-state index contributed by atoms with van der Waals surface area (Å²) in [4.78, 5) is 1.25. The van der Waals surface area contributed by atoms with Gasteiger partial charge in [-0.15, -0.1) is 11.3 Å². The third-order valence-electron chi connectivity index (χ3n) is 3.97. The molecule has 1 unspecified atom stereocenters. The maximum Gasteiger partial charge on any atom is 0.104 e. The van der Waals surface area contributed by atoms with Crippen molar-refractivity contribution in [2.45, 2.75) is 11.9 Å². The summed E-state index contributed by atoms with van der Waals surface area (Å²) in [5, 5.41) is 11.6. The highest BCUT2D eigenvalue weighted by atomic mass is 35.5. The van der Waals surface area contributed by atoms with E-state index in [1.165, 1.54) is 26.7 Å². The summed E-state index contributed by atoms with van der Waals surface area (Å²) in [6.07, 6.45) is 0. The molecule has 1 atom stereocenters. The molecule has 2 aromatic carbocycles. The average Bonchev–Trinajstić information content (AvgIpc) is 3.31. The number of thiophene rings is 1. The Balaban J connectivity index is 1.55. The highest BCUT2D eigenvalue weighted by Gasteiger charge is 2.26. The van der Waals surface area contributed by atoms with Crippen molar-refractivity contribution in [1.29, 1.82) is 0 Å². The molecule has 0 amide bonds. The number of rotatable bonds is 5. The predicted molar refractivity (Wildman–Crippen MR) is 109 cm³/mol. The summed E-state index contributed by atoms with van der Waals surface area (Å²) < 4.78 is 0. The summed E-state index contributed by atoms with van der Waals surface area (Å²) in [6, 6.07) is 22.8. The van der Waals surface area contributed by atoms with Crippen LogP contribution in [0, 0.1) is 0 Å². The van der Waals surface area contributed by atoms with Crippen LogP contribution >= 0.6 is 34.7 Å². The second-order valence-electron chi connectivity index (χ2n) is 5.71. The van der Waals surface area contributed by atoms with E-state index in [2.05, 4.69) is 70.6 Å². The Morgan fingerprint density at radius 3 is 2.48 bits per heavy atom. The van der Waals surface area contributed by atoms with Crippen LogP contribution in [0.4, 0.5) is 0 Å². The van der Waals surface area contributed by atoms with Gasteiger partial charge in [-0.25, -0.2) is 0 Å². The van der Waals surface area contributed by atoms with Crippen LogP contribution in [-0.2, 0) is 6.54 Å². The van der Waals surface area contributed by atoms with Crippen LogP contribution < -0.4 is 10.6 Å². The molecule has 1 aromatic heterocycles. The Kier molecular flexibility index (Phi) is 5.02. The van der Waals surface area contributed by atoms with Crippen molar-refractivity contribution < 1.29 is 0 Å². The summed E-state index contributed by atoms with van der Waals surface area (Å²) in [6.45, 7) is 0.775. The molecule has 0 radical (unpaired) electrons. The van der Waals surface area contributed by atoms with E-state index in [0.29, 0.717) is 0 Å². The quantitative estimate of drug-likeness (QED) is 0.576. The molecule has 0 saturated heterocycles. The van der Waals surface area contributed by atoms with Crippen LogP contribution in [-0.4, -0.2) is 0 Å². The Morgan fingerprint density at radius 2 is 1.76 bits per heavy atom. The molecule has 5 heteroatoms. The zero-order valence-electron chi connectivity index (χ0n) is 13.4. The lowest BCUT2D eigenvalue weighted by atomic mass is 10.2. The summed E-state index contributed by atoms with van der Waals surface area (Å²) in [7, 11) is 0. The van der Waals surface area contributed by atoms with Crippen molar-refractivity contribution >= 4 is 40.4 Å². The molecule has 25 heavy (non-hydrogen) atoms. The molecule has 2 nitrogen and oxygen atoms in total. The summed E-state index contributed by atoms with van der Waals surface area (Å²) in [5.41, 5.74) is 3.68. The SMILES string of the molecule is Clc1ccc(CNC2=C(c3cccs3)NC(c3ccccc3)S2)cc1. The normalized spacial score (nSPS) is 16.8. The maximum atomic E-state index is 5.97. The molecule has 0 spiro atoms. The van der Waals surface area contributed by atoms with Crippen LogP contribution in [0.5, 0.6) is 0 Å². The van der Waals surface area contributed by atoms with Gasteiger partial charge in [-0.1, -0.05) is 71.9 Å². The topological polar surface area (TPSA) is 24.1 Å². The van der Waals surface area contributed by atoms with Crippen LogP contribution in [0.3, 0.4) is 0 Å². The van der Waals surface area contributed by atoms with Gasteiger partial charge in [0, 0.05) is 11.6 Å². The van der Waals surface area contributed by atoms with E-state index in [0.717, 1.165) is 11.6 Å². The van der Waals surface area contributed by atoms with Gasteiger partial charge < -0.3 is 10.6 Å². The van der Waals surface area contributed by atoms with Gasteiger partial charge in [0.25, 0.3) is 0 Å². The van der Waals surface area contributed by atoms with Gasteiger partial charge in [0.2, 0.25) is 0 Å². The molecule has 126 valence electrons. The molecule has 0 bridgehead atoms. The Bertz CT molecular complexity index is 858. The summed E-state index contributed by atoms with van der Waals surface area (Å²) >= 11 is 9.56. The van der Waals surface area contributed by atoms with Gasteiger partial charge in [-0.2, -0.15) is 0 Å². The van der Waals surface area contributed by atoms with E-state index in [4.69, 9.17) is 11.6 Å². The van der Waals surface area contributed by atoms with Crippen LogP contribution in [0.1, 0.15) is 21.4 Å². The third-order valence-corrected chi connectivity index (χ3v) is 6.32. The fourth-order valence-electron chi connectivity index (χ4n) is 2.70. The first kappa shape index (κ1) is 16.6. The number of benzene rings is 2. The fourth-order valence-corrected chi connectivity index (χ4v) is 4.78. The van der Waals surface area contributed by atoms with Crippen molar-refractivity contribution in [1.82, 2.24) is 10.6 Å². The number of halogens is 1. The van der Waals surface area contributed by atoms with Crippen molar-refractivity contribution in [3.05, 3.63) is 98.2 Å². The molecular formula is C20H17ClN2S2. The van der Waals surface area contributed by atoms with Crippen molar-refractivity contribution in [2.24, 2.45) is 0 Å². The summed E-state index contributed by atoms with van der Waals surface area (Å²) in [5.74, 6) is 0. The minimum absolute atomic E-state index is 0.228. The van der Waals surface area contributed by atoms with Crippen molar-refractivity contribution in [2.75, 3.05) is 0 Å². The van der Waals surface area contributed by atoms with Crippen LogP contribution in [0.25, 0.3) is 5.70 Å². The molecule has 3 aromatic rings. The lowest BCUT2D eigenvalue weighted by molar-refractivity contribution is 0.850.